The molecule has 2 aromatic rings. The second-order valence-corrected chi connectivity index (χ2v) is 11.8. The number of benzene rings is 2. The largest absolute Gasteiger partial charge is 0.493 e. The minimum absolute atomic E-state index is 0.0350. The minimum Gasteiger partial charge on any atom is -0.493 e. The summed E-state index contributed by atoms with van der Waals surface area (Å²) in [6, 6.07) is 13.6. The second kappa shape index (κ2) is 14.9. The Morgan fingerprint density at radius 1 is 1.00 bits per heavy atom. The Hall–Kier alpha value is -2.81. The fourth-order valence-electron chi connectivity index (χ4n) is 5.47. The van der Waals surface area contributed by atoms with Crippen molar-refractivity contribution in [1.82, 2.24) is 15.1 Å². The molecule has 1 saturated heterocycles. The first-order chi connectivity index (χ1) is 19.8. The van der Waals surface area contributed by atoms with Crippen LogP contribution < -0.4 is 14.8 Å². The second-order valence-electron chi connectivity index (χ2n) is 11.3. The number of nitrogens with one attached hydrogen (secondary N) is 1. The van der Waals surface area contributed by atoms with Crippen LogP contribution in [0.3, 0.4) is 0 Å². The Morgan fingerprint density at radius 2 is 1.71 bits per heavy atom. The predicted octanol–water partition coefficient (Wildman–Crippen LogP) is 4.68. The molecule has 2 aromatic carbocycles. The van der Waals surface area contributed by atoms with Gasteiger partial charge in [0.2, 0.25) is 5.91 Å². The summed E-state index contributed by atoms with van der Waals surface area (Å²) in [5.41, 5.74) is 1.43. The molecule has 1 N–H and O–H groups in total. The summed E-state index contributed by atoms with van der Waals surface area (Å²) in [5.74, 6) is 1.49. The lowest BCUT2D eigenvalue weighted by Gasteiger charge is -2.34. The highest BCUT2D eigenvalue weighted by Crippen LogP contribution is 2.35. The first-order valence-corrected chi connectivity index (χ1v) is 15.0. The molecule has 8 nitrogen and oxygen atoms in total. The molecule has 41 heavy (non-hydrogen) atoms. The van der Waals surface area contributed by atoms with Gasteiger partial charge in [-0.05, 0) is 50.2 Å². The summed E-state index contributed by atoms with van der Waals surface area (Å²) in [6.45, 7) is 7.97. The van der Waals surface area contributed by atoms with Crippen molar-refractivity contribution in [1.29, 1.82) is 0 Å². The molecule has 2 amide bonds. The number of hydrogen-bond donors (Lipinski definition) is 1. The van der Waals surface area contributed by atoms with E-state index in [-0.39, 0.29) is 29.7 Å². The van der Waals surface area contributed by atoms with Crippen molar-refractivity contribution in [3.63, 3.8) is 0 Å². The molecule has 0 aromatic heterocycles. The molecule has 224 valence electrons. The molecule has 0 unspecified atom stereocenters. The Bertz CT molecular complexity index is 1160. The van der Waals surface area contributed by atoms with Gasteiger partial charge in [0.05, 0.1) is 30.7 Å². The van der Waals surface area contributed by atoms with Crippen LogP contribution in [0.25, 0.3) is 0 Å². The van der Waals surface area contributed by atoms with Crippen LogP contribution >= 0.6 is 11.6 Å². The van der Waals surface area contributed by atoms with Crippen molar-refractivity contribution >= 4 is 23.4 Å². The van der Waals surface area contributed by atoms with Gasteiger partial charge >= 0.3 is 0 Å². The zero-order chi connectivity index (χ0) is 29.4. The van der Waals surface area contributed by atoms with Gasteiger partial charge in [-0.1, -0.05) is 41.9 Å². The van der Waals surface area contributed by atoms with Crippen molar-refractivity contribution in [2.24, 2.45) is 11.8 Å². The highest BCUT2D eigenvalue weighted by molar-refractivity contribution is 6.34. The quantitative estimate of drug-likeness (QED) is 0.306. The van der Waals surface area contributed by atoms with E-state index in [0.717, 1.165) is 31.5 Å². The van der Waals surface area contributed by atoms with Crippen LogP contribution in [0.5, 0.6) is 11.5 Å². The summed E-state index contributed by atoms with van der Waals surface area (Å²) in [5, 5.41) is 3.85. The van der Waals surface area contributed by atoms with Crippen LogP contribution in [-0.2, 0) is 16.0 Å². The number of amides is 2. The maximum atomic E-state index is 13.9. The average Bonchev–Trinajstić information content (AvgIpc) is 3.71. The molecule has 0 radical (unpaired) electrons. The normalized spacial score (nSPS) is 18.4. The Kier molecular flexibility index (Phi) is 11.3. The first-order valence-electron chi connectivity index (χ1n) is 14.7. The monoisotopic (exact) mass is 585 g/mol. The molecule has 1 aliphatic carbocycles. The number of carbonyl (C=O) groups is 2. The molecule has 0 spiro atoms. The minimum atomic E-state index is -0.140. The van der Waals surface area contributed by atoms with Crippen molar-refractivity contribution in [3.05, 3.63) is 58.6 Å². The predicted molar refractivity (Wildman–Crippen MR) is 161 cm³/mol. The molecule has 9 heteroatoms. The van der Waals surface area contributed by atoms with Gasteiger partial charge in [0.25, 0.3) is 5.91 Å². The molecule has 1 aliphatic heterocycles. The first kappa shape index (κ1) is 31.1. The maximum Gasteiger partial charge on any atom is 0.255 e. The van der Waals surface area contributed by atoms with E-state index < -0.39 is 0 Å². The van der Waals surface area contributed by atoms with Crippen LogP contribution in [0, 0.1) is 11.8 Å². The van der Waals surface area contributed by atoms with Crippen LogP contribution in [0.4, 0.5) is 0 Å². The number of halogens is 1. The number of methoxy groups -OCH3 is 2. The van der Waals surface area contributed by atoms with E-state index in [2.05, 4.69) is 10.2 Å². The molecule has 1 saturated carbocycles. The summed E-state index contributed by atoms with van der Waals surface area (Å²) in [7, 11) is 3.20. The van der Waals surface area contributed by atoms with Gasteiger partial charge in [-0.25, -0.2) is 0 Å². The van der Waals surface area contributed by atoms with E-state index in [0.29, 0.717) is 67.3 Å². The lowest BCUT2D eigenvalue weighted by molar-refractivity contribution is -0.131. The lowest BCUT2D eigenvalue weighted by Crippen LogP contribution is -2.45. The smallest absolute Gasteiger partial charge is 0.255 e. The van der Waals surface area contributed by atoms with Crippen molar-refractivity contribution in [2.75, 3.05) is 53.6 Å². The molecule has 2 fully saturated rings. The van der Waals surface area contributed by atoms with Crippen molar-refractivity contribution < 1.29 is 23.8 Å². The lowest BCUT2D eigenvalue weighted by atomic mass is 9.93. The third-order valence-corrected chi connectivity index (χ3v) is 8.28. The van der Waals surface area contributed by atoms with Gasteiger partial charge in [-0.15, -0.1) is 0 Å². The Balaban J connectivity index is 1.46. The van der Waals surface area contributed by atoms with E-state index in [9.17, 15) is 9.59 Å². The van der Waals surface area contributed by atoms with Crippen molar-refractivity contribution in [3.8, 4) is 11.5 Å². The molecular weight excluding hydrogens is 542 g/mol. The number of ether oxygens (including phenoxy) is 3. The van der Waals surface area contributed by atoms with Gasteiger partial charge in [-0.2, -0.15) is 0 Å². The van der Waals surface area contributed by atoms with E-state index in [1.807, 2.05) is 49.1 Å². The fourth-order valence-corrected chi connectivity index (χ4v) is 5.71. The van der Waals surface area contributed by atoms with Gasteiger partial charge < -0.3 is 29.3 Å². The van der Waals surface area contributed by atoms with Crippen LogP contribution in [-0.4, -0.2) is 87.3 Å². The van der Waals surface area contributed by atoms with Gasteiger partial charge in [0.15, 0.2) is 11.5 Å². The highest BCUT2D eigenvalue weighted by atomic mass is 35.5. The molecule has 2 aliphatic rings. The fraction of sp³-hybridized carbons (Fsp3) is 0.562. The zero-order valence-corrected chi connectivity index (χ0v) is 25.5. The van der Waals surface area contributed by atoms with E-state index >= 15 is 0 Å². The summed E-state index contributed by atoms with van der Waals surface area (Å²) < 4.78 is 16.5. The number of hydrogen-bond acceptors (Lipinski definition) is 6. The maximum absolute atomic E-state index is 13.9. The molecule has 2 atom stereocenters. The zero-order valence-electron chi connectivity index (χ0n) is 24.7. The number of nitrogens with zero attached hydrogens (tertiary/aromatic N) is 2. The van der Waals surface area contributed by atoms with Crippen LogP contribution in [0.1, 0.15) is 49.0 Å². The standard InChI is InChI=1S/C32H44ClN3O5/c1-22(2)35(32(38)27-16-30(41-14-8-13-39-3)29(40-4)17-28(27)33)20-24-18-34-19-25(24)21-36(26-11-12-26)31(37)15-23-9-6-5-7-10-23/h5-7,9-10,16-17,22,24-26,34H,8,11-15,18-21H2,1-4H3/t24-,25-/m0/s1. The van der Waals surface area contributed by atoms with Gasteiger partial charge in [0, 0.05) is 64.5 Å². The summed E-state index contributed by atoms with van der Waals surface area (Å²) >= 11 is 6.61. The average molecular weight is 586 g/mol. The van der Waals surface area contributed by atoms with Gasteiger partial charge in [0.1, 0.15) is 0 Å². The molecule has 4 rings (SSSR count). The number of rotatable bonds is 15. The third kappa shape index (κ3) is 8.37. The SMILES string of the molecule is COCCCOc1cc(C(=O)N(C[C@@H]2CNC[C@H]2CN(C(=O)Cc2ccccc2)C2CC2)C(C)C)c(Cl)cc1OC. The number of carbonyl (C=O) groups excluding carboxylic acids is 2. The van der Waals surface area contributed by atoms with E-state index in [1.54, 1.807) is 26.4 Å². The van der Waals surface area contributed by atoms with Crippen molar-refractivity contribution in [2.45, 2.75) is 51.6 Å². The topological polar surface area (TPSA) is 80.3 Å². The summed E-state index contributed by atoms with van der Waals surface area (Å²) in [6.07, 6.45) is 3.26. The highest BCUT2D eigenvalue weighted by Gasteiger charge is 2.38. The molecule has 0 bridgehead atoms. The van der Waals surface area contributed by atoms with Gasteiger partial charge in [-0.3, -0.25) is 9.59 Å². The van der Waals surface area contributed by atoms with E-state index in [4.69, 9.17) is 25.8 Å². The molecule has 1 heterocycles. The van der Waals surface area contributed by atoms with Crippen LogP contribution in [0.15, 0.2) is 42.5 Å². The Labute approximate surface area is 249 Å². The molecular formula is C32H44ClN3O5. The Morgan fingerprint density at radius 3 is 2.34 bits per heavy atom. The van der Waals surface area contributed by atoms with Crippen LogP contribution in [0.2, 0.25) is 5.02 Å². The summed E-state index contributed by atoms with van der Waals surface area (Å²) in [4.78, 5) is 31.2. The third-order valence-electron chi connectivity index (χ3n) is 7.97. The van der Waals surface area contributed by atoms with E-state index in [1.165, 1.54) is 0 Å².